The molecule has 2 heterocycles. The lowest BCUT2D eigenvalue weighted by Crippen LogP contribution is -2.53. The zero-order valence-corrected chi connectivity index (χ0v) is 14.9. The van der Waals surface area contributed by atoms with Gasteiger partial charge in [-0.05, 0) is 31.2 Å². The fourth-order valence-electron chi connectivity index (χ4n) is 3.17. The van der Waals surface area contributed by atoms with E-state index in [2.05, 4.69) is 10.4 Å². The Morgan fingerprint density at radius 1 is 1.18 bits per heavy atom. The number of nitro benzene ring substituents is 1. The average molecular weight is 376 g/mol. The van der Waals surface area contributed by atoms with Crippen molar-refractivity contribution in [3.63, 3.8) is 0 Å². The average Bonchev–Trinajstić information content (AvgIpc) is 3.21. The third-order valence-electron chi connectivity index (χ3n) is 4.61. The summed E-state index contributed by atoms with van der Waals surface area (Å²) in [7, 11) is 0. The standard InChI is InChI=1S/C20H16N4O4/c1-20(14-6-4-7-15(12-14)24(26)27)22-18-10-3-2-9-17(18)19(25)23(20)21-13-16-8-5-11-28-16/h2-13,22H,1H3/b21-13-/t20-/m0/s1. The number of benzene rings is 2. The van der Waals surface area contributed by atoms with Crippen molar-refractivity contribution in [2.45, 2.75) is 12.6 Å². The van der Waals surface area contributed by atoms with Crippen molar-refractivity contribution in [3.05, 3.63) is 93.9 Å². The summed E-state index contributed by atoms with van der Waals surface area (Å²) in [5.41, 5.74) is 0.413. The number of hydrogen-bond donors (Lipinski definition) is 1. The fraction of sp³-hybridized carbons (Fsp3) is 0.100. The van der Waals surface area contributed by atoms with Gasteiger partial charge in [0, 0.05) is 23.4 Å². The van der Waals surface area contributed by atoms with Crippen LogP contribution in [-0.4, -0.2) is 22.1 Å². The molecular formula is C20H16N4O4. The number of nitrogens with one attached hydrogen (secondary N) is 1. The summed E-state index contributed by atoms with van der Waals surface area (Å²) in [6.45, 7) is 1.75. The number of para-hydroxylation sites is 1. The number of non-ortho nitro benzene ring substituents is 1. The topological polar surface area (TPSA) is 101 Å². The molecule has 8 heteroatoms. The lowest BCUT2D eigenvalue weighted by molar-refractivity contribution is -0.385. The quantitative estimate of drug-likeness (QED) is 0.422. The second kappa shape index (κ2) is 6.66. The van der Waals surface area contributed by atoms with Crippen LogP contribution in [0.2, 0.25) is 0 Å². The zero-order chi connectivity index (χ0) is 19.7. The summed E-state index contributed by atoms with van der Waals surface area (Å²) >= 11 is 0. The number of anilines is 1. The Morgan fingerprint density at radius 3 is 2.75 bits per heavy atom. The lowest BCUT2D eigenvalue weighted by Gasteiger charge is -2.43. The molecule has 3 aromatic rings. The molecule has 0 saturated heterocycles. The highest BCUT2D eigenvalue weighted by molar-refractivity contribution is 6.02. The first-order chi connectivity index (χ1) is 13.5. The third-order valence-corrected chi connectivity index (χ3v) is 4.61. The minimum Gasteiger partial charge on any atom is -0.463 e. The van der Waals surface area contributed by atoms with E-state index in [1.165, 1.54) is 29.6 Å². The van der Waals surface area contributed by atoms with Crippen LogP contribution in [0.25, 0.3) is 0 Å². The van der Waals surface area contributed by atoms with E-state index in [0.29, 0.717) is 22.6 Å². The Kier molecular flexibility index (Phi) is 4.15. The number of carbonyl (C=O) groups excluding carboxylic acids is 1. The Balaban J connectivity index is 1.85. The molecule has 1 N–H and O–H groups in total. The van der Waals surface area contributed by atoms with E-state index in [1.807, 2.05) is 6.07 Å². The molecule has 8 nitrogen and oxygen atoms in total. The number of hydrogen-bond acceptors (Lipinski definition) is 6. The molecule has 1 atom stereocenters. The van der Waals surface area contributed by atoms with Crippen molar-refractivity contribution in [3.8, 4) is 0 Å². The maximum Gasteiger partial charge on any atom is 0.278 e. The van der Waals surface area contributed by atoms with Gasteiger partial charge >= 0.3 is 0 Å². The molecule has 1 aromatic heterocycles. The fourth-order valence-corrected chi connectivity index (χ4v) is 3.17. The highest BCUT2D eigenvalue weighted by Gasteiger charge is 2.43. The summed E-state index contributed by atoms with van der Waals surface area (Å²) in [5, 5.41) is 20.1. The van der Waals surface area contributed by atoms with E-state index in [1.54, 1.807) is 49.4 Å². The summed E-state index contributed by atoms with van der Waals surface area (Å²) in [4.78, 5) is 23.9. The summed E-state index contributed by atoms with van der Waals surface area (Å²) in [5.74, 6) is 0.152. The van der Waals surface area contributed by atoms with Crippen LogP contribution in [0.4, 0.5) is 11.4 Å². The van der Waals surface area contributed by atoms with Gasteiger partial charge in [0.15, 0.2) is 5.66 Å². The molecule has 0 radical (unpaired) electrons. The van der Waals surface area contributed by atoms with Crippen molar-refractivity contribution in [2.24, 2.45) is 5.10 Å². The van der Waals surface area contributed by atoms with Crippen LogP contribution in [0.5, 0.6) is 0 Å². The number of fused-ring (bicyclic) bond motifs is 1. The number of hydrazone groups is 1. The molecule has 1 aliphatic rings. The molecule has 0 fully saturated rings. The minimum atomic E-state index is -1.14. The molecule has 1 amide bonds. The zero-order valence-electron chi connectivity index (χ0n) is 14.9. The third kappa shape index (κ3) is 2.90. The van der Waals surface area contributed by atoms with E-state index >= 15 is 0 Å². The van der Waals surface area contributed by atoms with Crippen LogP contribution >= 0.6 is 0 Å². The molecule has 1 aliphatic heterocycles. The molecule has 0 unspecified atom stereocenters. The molecule has 0 saturated carbocycles. The number of furan rings is 1. The number of nitro groups is 1. The Morgan fingerprint density at radius 2 is 2.00 bits per heavy atom. The predicted molar refractivity (Wildman–Crippen MR) is 103 cm³/mol. The maximum absolute atomic E-state index is 13.2. The van der Waals surface area contributed by atoms with Gasteiger partial charge in [-0.15, -0.1) is 0 Å². The second-order valence-electron chi connectivity index (χ2n) is 6.43. The van der Waals surface area contributed by atoms with Gasteiger partial charge < -0.3 is 9.73 Å². The van der Waals surface area contributed by atoms with Crippen molar-refractivity contribution in [2.75, 3.05) is 5.32 Å². The normalized spacial score (nSPS) is 18.8. The van der Waals surface area contributed by atoms with Crippen molar-refractivity contribution in [1.82, 2.24) is 5.01 Å². The molecule has 140 valence electrons. The van der Waals surface area contributed by atoms with E-state index in [-0.39, 0.29) is 11.6 Å². The van der Waals surface area contributed by atoms with Crippen molar-refractivity contribution < 1.29 is 14.1 Å². The minimum absolute atomic E-state index is 0.0678. The van der Waals surface area contributed by atoms with E-state index in [4.69, 9.17) is 4.42 Å². The van der Waals surface area contributed by atoms with E-state index < -0.39 is 10.6 Å². The first kappa shape index (κ1) is 17.5. The maximum atomic E-state index is 13.2. The van der Waals surface area contributed by atoms with Gasteiger partial charge in [-0.3, -0.25) is 14.9 Å². The predicted octanol–water partition coefficient (Wildman–Crippen LogP) is 3.96. The van der Waals surface area contributed by atoms with Gasteiger partial charge in [-0.25, -0.2) is 0 Å². The molecule has 0 aliphatic carbocycles. The van der Waals surface area contributed by atoms with Gasteiger partial charge in [-0.1, -0.05) is 24.3 Å². The van der Waals surface area contributed by atoms with Crippen LogP contribution in [0, 0.1) is 10.1 Å². The summed E-state index contributed by atoms with van der Waals surface area (Å²) in [6, 6.07) is 16.6. The van der Waals surface area contributed by atoms with Crippen LogP contribution in [0.3, 0.4) is 0 Å². The number of rotatable bonds is 4. The second-order valence-corrected chi connectivity index (χ2v) is 6.43. The van der Waals surface area contributed by atoms with Crippen LogP contribution in [-0.2, 0) is 5.66 Å². The Hall–Kier alpha value is -3.94. The van der Waals surface area contributed by atoms with E-state index in [0.717, 1.165) is 0 Å². The molecular weight excluding hydrogens is 360 g/mol. The summed E-state index contributed by atoms with van der Waals surface area (Å²) < 4.78 is 5.26. The highest BCUT2D eigenvalue weighted by Crippen LogP contribution is 2.38. The van der Waals surface area contributed by atoms with Gasteiger partial charge in [-0.2, -0.15) is 10.1 Å². The highest BCUT2D eigenvalue weighted by atomic mass is 16.6. The first-order valence-electron chi connectivity index (χ1n) is 8.53. The largest absolute Gasteiger partial charge is 0.463 e. The van der Waals surface area contributed by atoms with Gasteiger partial charge in [0.2, 0.25) is 0 Å². The first-order valence-corrected chi connectivity index (χ1v) is 8.53. The van der Waals surface area contributed by atoms with Gasteiger partial charge in [0.05, 0.1) is 23.0 Å². The van der Waals surface area contributed by atoms with Crippen molar-refractivity contribution in [1.29, 1.82) is 0 Å². The molecule has 0 spiro atoms. The monoisotopic (exact) mass is 376 g/mol. The van der Waals surface area contributed by atoms with Crippen molar-refractivity contribution >= 4 is 23.5 Å². The molecule has 2 aromatic carbocycles. The van der Waals surface area contributed by atoms with Crippen LogP contribution in [0.1, 0.15) is 28.6 Å². The number of carbonyl (C=O) groups is 1. The Bertz CT molecular complexity index is 1080. The SMILES string of the molecule is C[C@]1(c2cccc([N+](=O)[O-])c2)Nc2ccccc2C(=O)N1/N=C\c1ccco1. The summed E-state index contributed by atoms with van der Waals surface area (Å²) in [6.07, 6.45) is 2.94. The smallest absolute Gasteiger partial charge is 0.278 e. The van der Waals surface area contributed by atoms with Gasteiger partial charge in [0.25, 0.3) is 11.6 Å². The molecule has 0 bridgehead atoms. The van der Waals surface area contributed by atoms with Crippen LogP contribution in [0.15, 0.2) is 76.4 Å². The molecule has 28 heavy (non-hydrogen) atoms. The molecule has 4 rings (SSSR count). The Labute approximate surface area is 160 Å². The van der Waals surface area contributed by atoms with E-state index in [9.17, 15) is 14.9 Å². The van der Waals surface area contributed by atoms with Crippen LogP contribution < -0.4 is 5.32 Å². The van der Waals surface area contributed by atoms with Gasteiger partial charge in [0.1, 0.15) is 5.76 Å². The lowest BCUT2D eigenvalue weighted by atomic mass is 9.95. The number of nitrogens with zero attached hydrogens (tertiary/aromatic N) is 3. The number of amides is 1.